The quantitative estimate of drug-likeness (QED) is 0.365. The number of aliphatic imine (C=N–C) groups is 1. The molecule has 126 valence electrons. The summed E-state index contributed by atoms with van der Waals surface area (Å²) < 4.78 is 0. The molecule has 1 unspecified atom stereocenters. The lowest BCUT2D eigenvalue weighted by molar-refractivity contribution is -0.165. The van der Waals surface area contributed by atoms with Crippen molar-refractivity contribution in [1.29, 1.82) is 0 Å². The number of thioether (sulfide) groups is 1. The zero-order valence-corrected chi connectivity index (χ0v) is 13.4. The molecule has 2 aromatic rings. The Morgan fingerprint density at radius 3 is 3.00 bits per heavy atom. The molecule has 0 bridgehead atoms. The number of aromatic amines is 1. The van der Waals surface area contributed by atoms with E-state index in [0.717, 1.165) is 5.69 Å². The number of carbonyl (C=O) groups excluding carboxylic acids is 1. The molecule has 0 radical (unpaired) electrons. The monoisotopic (exact) mass is 348 g/mol. The second-order valence-electron chi connectivity index (χ2n) is 5.22. The van der Waals surface area contributed by atoms with Crippen LogP contribution in [0.4, 0.5) is 0 Å². The molecule has 1 aromatic carbocycles. The van der Waals surface area contributed by atoms with Crippen molar-refractivity contribution in [1.82, 2.24) is 15.0 Å². The molecule has 1 aromatic heterocycles. The summed E-state index contributed by atoms with van der Waals surface area (Å²) in [5, 5.41) is 30.5. The van der Waals surface area contributed by atoms with E-state index in [4.69, 9.17) is 0 Å². The van der Waals surface area contributed by atoms with Gasteiger partial charge >= 0.3 is 0 Å². The Bertz CT molecular complexity index is 763. The molecule has 0 saturated heterocycles. The molecule has 0 spiro atoms. The van der Waals surface area contributed by atoms with Crippen molar-refractivity contribution in [2.45, 2.75) is 12.5 Å². The van der Waals surface area contributed by atoms with Gasteiger partial charge in [-0.15, -0.1) is 11.8 Å². The van der Waals surface area contributed by atoms with E-state index in [9.17, 15) is 20.2 Å². The van der Waals surface area contributed by atoms with Gasteiger partial charge in [-0.2, -0.15) is 0 Å². The molecular weight excluding hydrogens is 332 g/mol. The van der Waals surface area contributed by atoms with Crippen LogP contribution in [0.2, 0.25) is 0 Å². The Hall–Kier alpha value is -2.52. The molecule has 1 amide bonds. The summed E-state index contributed by atoms with van der Waals surface area (Å²) in [6.45, 7) is 0.129. The number of hydroxylamine groups is 2. The molecule has 3 rings (SSSR count). The molecule has 24 heavy (non-hydrogen) atoms. The lowest BCUT2D eigenvalue weighted by atomic mass is 10.2. The van der Waals surface area contributed by atoms with Gasteiger partial charge in [0.25, 0.3) is 5.91 Å². The third-order valence-electron chi connectivity index (χ3n) is 3.58. The van der Waals surface area contributed by atoms with Crippen molar-refractivity contribution in [2.75, 3.05) is 12.3 Å². The Morgan fingerprint density at radius 2 is 2.25 bits per heavy atom. The molecule has 1 atom stereocenters. The number of carbonyl (C=O) groups is 1. The smallest absolute Gasteiger partial charge is 0.271 e. The fourth-order valence-corrected chi connectivity index (χ4v) is 3.34. The SMILES string of the molecule is O=C(C1CSC(c2cccc(O)c2O)=N1)N(O)CCc1cnc[nH]1. The van der Waals surface area contributed by atoms with Crippen molar-refractivity contribution in [2.24, 2.45) is 4.99 Å². The number of benzene rings is 1. The molecule has 0 saturated carbocycles. The summed E-state index contributed by atoms with van der Waals surface area (Å²) in [5.41, 5.74) is 1.19. The minimum absolute atomic E-state index is 0.129. The molecular formula is C15H16N4O4S. The predicted molar refractivity (Wildman–Crippen MR) is 88.3 cm³/mol. The van der Waals surface area contributed by atoms with Gasteiger partial charge < -0.3 is 15.2 Å². The minimum Gasteiger partial charge on any atom is -0.504 e. The van der Waals surface area contributed by atoms with Gasteiger partial charge in [-0.05, 0) is 12.1 Å². The zero-order chi connectivity index (χ0) is 17.1. The predicted octanol–water partition coefficient (Wildman–Crippen LogP) is 1.14. The summed E-state index contributed by atoms with van der Waals surface area (Å²) >= 11 is 1.29. The number of aromatic hydroxyl groups is 2. The summed E-state index contributed by atoms with van der Waals surface area (Å²) in [6.07, 6.45) is 3.61. The molecule has 4 N–H and O–H groups in total. The number of amides is 1. The minimum atomic E-state index is -0.724. The van der Waals surface area contributed by atoms with E-state index in [2.05, 4.69) is 15.0 Å². The zero-order valence-electron chi connectivity index (χ0n) is 12.6. The van der Waals surface area contributed by atoms with Crippen molar-refractivity contribution in [3.05, 3.63) is 42.0 Å². The van der Waals surface area contributed by atoms with Crippen LogP contribution in [-0.4, -0.2) is 59.7 Å². The molecule has 2 heterocycles. The van der Waals surface area contributed by atoms with E-state index < -0.39 is 11.9 Å². The fraction of sp³-hybridized carbons (Fsp3) is 0.267. The largest absolute Gasteiger partial charge is 0.504 e. The average molecular weight is 348 g/mol. The fourth-order valence-electron chi connectivity index (χ4n) is 2.28. The van der Waals surface area contributed by atoms with E-state index in [1.165, 1.54) is 24.2 Å². The Labute approximate surface area is 141 Å². The number of para-hydroxylation sites is 1. The maximum absolute atomic E-state index is 12.3. The van der Waals surface area contributed by atoms with E-state index in [-0.39, 0.29) is 18.0 Å². The molecule has 0 aliphatic carbocycles. The van der Waals surface area contributed by atoms with Crippen LogP contribution in [0.5, 0.6) is 11.5 Å². The molecule has 9 heteroatoms. The van der Waals surface area contributed by atoms with Crippen LogP contribution < -0.4 is 0 Å². The summed E-state index contributed by atoms with van der Waals surface area (Å²) in [5.74, 6) is -0.646. The summed E-state index contributed by atoms with van der Waals surface area (Å²) in [7, 11) is 0. The number of aromatic nitrogens is 2. The third-order valence-corrected chi connectivity index (χ3v) is 4.66. The van der Waals surface area contributed by atoms with Gasteiger partial charge in [-0.1, -0.05) is 6.07 Å². The highest BCUT2D eigenvalue weighted by Crippen LogP contribution is 2.34. The number of phenols is 2. The van der Waals surface area contributed by atoms with Gasteiger partial charge in [-0.25, -0.2) is 10.0 Å². The van der Waals surface area contributed by atoms with Gasteiger partial charge in [0, 0.05) is 24.1 Å². The first-order valence-electron chi connectivity index (χ1n) is 7.25. The lowest BCUT2D eigenvalue weighted by Crippen LogP contribution is -2.37. The van der Waals surface area contributed by atoms with Crippen molar-refractivity contribution < 1.29 is 20.2 Å². The highest BCUT2D eigenvalue weighted by molar-refractivity contribution is 8.14. The van der Waals surface area contributed by atoms with Gasteiger partial charge in [-0.3, -0.25) is 15.0 Å². The topological polar surface area (TPSA) is 122 Å². The number of hydrogen-bond acceptors (Lipinski definition) is 7. The Balaban J connectivity index is 1.66. The third kappa shape index (κ3) is 3.36. The number of rotatable bonds is 5. The van der Waals surface area contributed by atoms with E-state index >= 15 is 0 Å². The van der Waals surface area contributed by atoms with Crippen molar-refractivity contribution >= 4 is 22.7 Å². The molecule has 1 aliphatic heterocycles. The van der Waals surface area contributed by atoms with Crippen LogP contribution in [0.25, 0.3) is 0 Å². The number of nitrogens with one attached hydrogen (secondary N) is 1. The maximum atomic E-state index is 12.3. The van der Waals surface area contributed by atoms with Gasteiger partial charge in [0.2, 0.25) is 0 Å². The first-order chi connectivity index (χ1) is 11.6. The standard InChI is InChI=1S/C15H16N4O4S/c20-12-3-1-2-10(13(12)21)14-18-11(7-24-14)15(22)19(23)5-4-9-6-16-8-17-9/h1-3,6,8,11,20-21,23H,4-5,7H2,(H,16,17). The number of H-pyrrole nitrogens is 1. The van der Waals surface area contributed by atoms with Crippen molar-refractivity contribution in [3.63, 3.8) is 0 Å². The molecule has 1 aliphatic rings. The first-order valence-corrected chi connectivity index (χ1v) is 8.24. The van der Waals surface area contributed by atoms with E-state index in [1.807, 2.05) is 0 Å². The second kappa shape index (κ2) is 6.93. The van der Waals surface area contributed by atoms with Gasteiger partial charge in [0.1, 0.15) is 11.1 Å². The van der Waals surface area contributed by atoms with E-state index in [0.29, 0.717) is 27.8 Å². The maximum Gasteiger partial charge on any atom is 0.271 e. The van der Waals surface area contributed by atoms with Crippen LogP contribution in [0, 0.1) is 0 Å². The number of phenolic OH excluding ortho intramolecular Hbond substituents is 2. The number of hydrogen-bond donors (Lipinski definition) is 4. The summed E-state index contributed by atoms with van der Waals surface area (Å²) in [6, 6.07) is 3.85. The van der Waals surface area contributed by atoms with Crippen LogP contribution in [0.1, 0.15) is 11.3 Å². The highest BCUT2D eigenvalue weighted by atomic mass is 32.2. The van der Waals surface area contributed by atoms with Crippen LogP contribution in [0.3, 0.4) is 0 Å². The van der Waals surface area contributed by atoms with Crippen LogP contribution in [-0.2, 0) is 11.2 Å². The first kappa shape index (κ1) is 16.3. The van der Waals surface area contributed by atoms with Crippen LogP contribution >= 0.6 is 11.8 Å². The summed E-state index contributed by atoms with van der Waals surface area (Å²) in [4.78, 5) is 23.3. The molecule has 8 nitrogen and oxygen atoms in total. The van der Waals surface area contributed by atoms with Gasteiger partial charge in [0.05, 0.1) is 18.4 Å². The lowest BCUT2D eigenvalue weighted by Gasteiger charge is -2.16. The Morgan fingerprint density at radius 1 is 1.42 bits per heavy atom. The van der Waals surface area contributed by atoms with Crippen LogP contribution in [0.15, 0.2) is 35.7 Å². The van der Waals surface area contributed by atoms with E-state index in [1.54, 1.807) is 18.3 Å². The number of nitrogens with zero attached hydrogens (tertiary/aromatic N) is 3. The number of imidazole rings is 1. The molecule has 0 fully saturated rings. The highest BCUT2D eigenvalue weighted by Gasteiger charge is 2.30. The van der Waals surface area contributed by atoms with Gasteiger partial charge in [0.15, 0.2) is 11.5 Å². The normalized spacial score (nSPS) is 16.9. The van der Waals surface area contributed by atoms with Crippen molar-refractivity contribution in [3.8, 4) is 11.5 Å². The Kier molecular flexibility index (Phi) is 4.72. The second-order valence-corrected chi connectivity index (χ2v) is 6.23. The average Bonchev–Trinajstić information content (AvgIpc) is 3.26.